The van der Waals surface area contributed by atoms with Gasteiger partial charge in [0.1, 0.15) is 5.75 Å². The van der Waals surface area contributed by atoms with Crippen molar-refractivity contribution in [2.24, 2.45) is 0 Å². The lowest BCUT2D eigenvalue weighted by Crippen LogP contribution is -2.32. The SMILES string of the molecule is Clc1cccc(N2COc3ccc4ccccc4c3C2)c1Cl. The molecule has 22 heavy (non-hydrogen) atoms. The van der Waals surface area contributed by atoms with E-state index in [9.17, 15) is 0 Å². The molecule has 4 rings (SSSR count). The molecular weight excluding hydrogens is 317 g/mol. The van der Waals surface area contributed by atoms with Gasteiger partial charge in [-0.2, -0.15) is 0 Å². The smallest absolute Gasteiger partial charge is 0.161 e. The predicted octanol–water partition coefficient (Wildman–Crippen LogP) is 5.50. The van der Waals surface area contributed by atoms with Gasteiger partial charge in [0.25, 0.3) is 0 Å². The molecule has 1 aliphatic heterocycles. The Balaban J connectivity index is 1.80. The molecule has 0 bridgehead atoms. The molecule has 0 saturated heterocycles. The lowest BCUT2D eigenvalue weighted by atomic mass is 10.0. The molecule has 0 aliphatic carbocycles. The van der Waals surface area contributed by atoms with Crippen LogP contribution in [0.2, 0.25) is 10.0 Å². The summed E-state index contributed by atoms with van der Waals surface area (Å²) in [5, 5.41) is 3.55. The van der Waals surface area contributed by atoms with Gasteiger partial charge in [0.15, 0.2) is 6.73 Å². The third-order valence-corrected chi connectivity index (χ3v) is 4.80. The minimum absolute atomic E-state index is 0.464. The van der Waals surface area contributed by atoms with Crippen LogP contribution in [-0.2, 0) is 6.54 Å². The van der Waals surface area contributed by atoms with E-state index in [1.807, 2.05) is 30.3 Å². The van der Waals surface area contributed by atoms with Gasteiger partial charge in [-0.15, -0.1) is 0 Å². The van der Waals surface area contributed by atoms with Crippen LogP contribution >= 0.6 is 23.2 Å². The molecule has 0 fully saturated rings. The van der Waals surface area contributed by atoms with E-state index in [0.29, 0.717) is 16.8 Å². The standard InChI is InChI=1S/C18H13Cl2NO/c19-15-6-3-7-16(18(15)20)21-10-14-13-5-2-1-4-12(13)8-9-17(14)22-11-21/h1-9H,10-11H2. The van der Waals surface area contributed by atoms with Crippen molar-refractivity contribution >= 4 is 39.7 Å². The van der Waals surface area contributed by atoms with Gasteiger partial charge in [0.2, 0.25) is 0 Å². The van der Waals surface area contributed by atoms with Crippen LogP contribution in [0.3, 0.4) is 0 Å². The summed E-state index contributed by atoms with van der Waals surface area (Å²) in [5.41, 5.74) is 2.08. The van der Waals surface area contributed by atoms with Crippen molar-refractivity contribution in [3.63, 3.8) is 0 Å². The van der Waals surface area contributed by atoms with Gasteiger partial charge >= 0.3 is 0 Å². The van der Waals surface area contributed by atoms with Crippen LogP contribution in [0.5, 0.6) is 5.75 Å². The van der Waals surface area contributed by atoms with E-state index in [4.69, 9.17) is 27.9 Å². The first kappa shape index (κ1) is 13.7. The Hall–Kier alpha value is -1.90. The molecule has 0 aromatic heterocycles. The van der Waals surface area contributed by atoms with Crippen LogP contribution in [0.15, 0.2) is 54.6 Å². The number of ether oxygens (including phenoxy) is 1. The average molecular weight is 330 g/mol. The summed E-state index contributed by atoms with van der Waals surface area (Å²) in [4.78, 5) is 2.10. The third-order valence-electron chi connectivity index (χ3n) is 3.99. The van der Waals surface area contributed by atoms with Gasteiger partial charge < -0.3 is 9.64 Å². The Morgan fingerprint density at radius 1 is 0.909 bits per heavy atom. The van der Waals surface area contributed by atoms with Crippen molar-refractivity contribution in [3.05, 3.63) is 70.2 Å². The number of fused-ring (bicyclic) bond motifs is 3. The Bertz CT molecular complexity index is 863. The molecule has 0 saturated carbocycles. The average Bonchev–Trinajstić information content (AvgIpc) is 2.57. The first-order valence-electron chi connectivity index (χ1n) is 7.06. The normalized spacial score (nSPS) is 13.8. The van der Waals surface area contributed by atoms with Crippen LogP contribution in [0.1, 0.15) is 5.56 Å². The van der Waals surface area contributed by atoms with Crippen molar-refractivity contribution < 1.29 is 4.74 Å². The van der Waals surface area contributed by atoms with Gasteiger partial charge in [-0.05, 0) is 29.0 Å². The van der Waals surface area contributed by atoms with E-state index in [0.717, 1.165) is 18.0 Å². The molecule has 0 unspecified atom stereocenters. The first-order valence-corrected chi connectivity index (χ1v) is 7.82. The van der Waals surface area contributed by atoms with E-state index >= 15 is 0 Å². The lowest BCUT2D eigenvalue weighted by molar-refractivity contribution is 0.290. The number of benzene rings is 3. The Kier molecular flexibility index (Phi) is 3.36. The van der Waals surface area contributed by atoms with Crippen LogP contribution in [-0.4, -0.2) is 6.73 Å². The monoisotopic (exact) mass is 329 g/mol. The Morgan fingerprint density at radius 2 is 1.77 bits per heavy atom. The largest absolute Gasteiger partial charge is 0.473 e. The topological polar surface area (TPSA) is 12.5 Å². The molecule has 0 atom stereocenters. The van der Waals surface area contributed by atoms with Gasteiger partial charge in [0, 0.05) is 5.56 Å². The molecule has 1 aliphatic rings. The van der Waals surface area contributed by atoms with Crippen LogP contribution in [0, 0.1) is 0 Å². The number of nitrogens with zero attached hydrogens (tertiary/aromatic N) is 1. The van der Waals surface area contributed by atoms with Gasteiger partial charge in [0.05, 0.1) is 22.3 Å². The minimum Gasteiger partial charge on any atom is -0.473 e. The van der Waals surface area contributed by atoms with E-state index in [-0.39, 0.29) is 0 Å². The van der Waals surface area contributed by atoms with Crippen molar-refractivity contribution in [2.75, 3.05) is 11.6 Å². The summed E-state index contributed by atoms with van der Waals surface area (Å²) in [6.45, 7) is 1.21. The predicted molar refractivity (Wildman–Crippen MR) is 92.1 cm³/mol. The summed E-state index contributed by atoms with van der Waals surface area (Å²) in [6, 6.07) is 18.1. The van der Waals surface area contributed by atoms with Crippen LogP contribution < -0.4 is 9.64 Å². The second-order valence-corrected chi connectivity index (χ2v) is 6.09. The highest BCUT2D eigenvalue weighted by Crippen LogP contribution is 2.38. The molecule has 0 spiro atoms. The Morgan fingerprint density at radius 3 is 2.68 bits per heavy atom. The molecule has 3 aromatic carbocycles. The zero-order valence-corrected chi connectivity index (χ0v) is 13.2. The summed E-state index contributed by atoms with van der Waals surface area (Å²) >= 11 is 12.5. The van der Waals surface area contributed by atoms with E-state index in [1.165, 1.54) is 16.3 Å². The number of rotatable bonds is 1. The number of hydrogen-bond donors (Lipinski definition) is 0. The van der Waals surface area contributed by atoms with Gasteiger partial charge in [-0.1, -0.05) is 59.6 Å². The van der Waals surface area contributed by atoms with Crippen molar-refractivity contribution in [1.29, 1.82) is 0 Å². The number of halogens is 2. The summed E-state index contributed by atoms with van der Waals surface area (Å²) < 4.78 is 5.92. The number of anilines is 1. The fourth-order valence-corrected chi connectivity index (χ4v) is 3.30. The first-order chi connectivity index (χ1) is 10.7. The maximum atomic E-state index is 6.34. The van der Waals surface area contributed by atoms with Gasteiger partial charge in [-0.25, -0.2) is 0 Å². The van der Waals surface area contributed by atoms with Crippen molar-refractivity contribution in [2.45, 2.75) is 6.54 Å². The van der Waals surface area contributed by atoms with Crippen molar-refractivity contribution in [3.8, 4) is 5.75 Å². The summed E-state index contributed by atoms with van der Waals surface area (Å²) in [5.74, 6) is 0.938. The van der Waals surface area contributed by atoms with Gasteiger partial charge in [-0.3, -0.25) is 0 Å². The molecule has 0 N–H and O–H groups in total. The highest BCUT2D eigenvalue weighted by Gasteiger charge is 2.21. The second-order valence-electron chi connectivity index (χ2n) is 5.31. The third kappa shape index (κ3) is 2.20. The second kappa shape index (κ2) is 5.38. The van der Waals surface area contributed by atoms with Crippen LogP contribution in [0.4, 0.5) is 5.69 Å². The molecule has 110 valence electrons. The minimum atomic E-state index is 0.464. The molecule has 2 nitrogen and oxygen atoms in total. The van der Waals surface area contributed by atoms with E-state index in [1.54, 1.807) is 6.07 Å². The molecule has 0 amide bonds. The maximum Gasteiger partial charge on any atom is 0.161 e. The fourth-order valence-electron chi connectivity index (χ4n) is 2.89. The van der Waals surface area contributed by atoms with E-state index in [2.05, 4.69) is 23.1 Å². The molecule has 0 radical (unpaired) electrons. The molecule has 4 heteroatoms. The van der Waals surface area contributed by atoms with Crippen molar-refractivity contribution in [1.82, 2.24) is 0 Å². The maximum absolute atomic E-state index is 6.34. The van der Waals surface area contributed by atoms with Crippen LogP contribution in [0.25, 0.3) is 10.8 Å². The zero-order valence-electron chi connectivity index (χ0n) is 11.7. The highest BCUT2D eigenvalue weighted by molar-refractivity contribution is 6.43. The molecule has 1 heterocycles. The Labute approximate surface area is 138 Å². The number of hydrogen-bond acceptors (Lipinski definition) is 2. The zero-order chi connectivity index (χ0) is 15.1. The molecular formula is C18H13Cl2NO. The quantitative estimate of drug-likeness (QED) is 0.584. The summed E-state index contributed by atoms with van der Waals surface area (Å²) in [7, 11) is 0. The summed E-state index contributed by atoms with van der Waals surface area (Å²) in [6.07, 6.45) is 0. The van der Waals surface area contributed by atoms with E-state index < -0.39 is 0 Å². The molecule has 3 aromatic rings. The highest BCUT2D eigenvalue weighted by atomic mass is 35.5. The fraction of sp³-hybridized carbons (Fsp3) is 0.111. The lowest BCUT2D eigenvalue weighted by Gasteiger charge is -2.32.